The molecule has 0 fully saturated rings. The number of hydrogen-bond donors (Lipinski definition) is 1. The first-order valence-corrected chi connectivity index (χ1v) is 8.46. The van der Waals surface area contributed by atoms with Crippen LogP contribution in [0, 0.1) is 0 Å². The van der Waals surface area contributed by atoms with E-state index in [4.69, 9.17) is 5.73 Å². The van der Waals surface area contributed by atoms with Crippen molar-refractivity contribution in [2.75, 3.05) is 6.54 Å². The highest BCUT2D eigenvalue weighted by atomic mass is 79.9. The van der Waals surface area contributed by atoms with Gasteiger partial charge in [-0.25, -0.2) is 8.42 Å². The van der Waals surface area contributed by atoms with Crippen molar-refractivity contribution in [1.82, 2.24) is 9.78 Å². The predicted octanol–water partition coefficient (Wildman–Crippen LogP) is 1.40. The first-order valence-electron chi connectivity index (χ1n) is 5.95. The van der Waals surface area contributed by atoms with E-state index in [1.807, 2.05) is 6.92 Å². The van der Waals surface area contributed by atoms with Gasteiger partial charge in [-0.05, 0) is 42.2 Å². The van der Waals surface area contributed by atoms with E-state index in [0.717, 1.165) is 16.6 Å². The molecule has 104 valence electrons. The number of nitrogens with zero attached hydrogens (tertiary/aromatic N) is 2. The second-order valence-corrected chi connectivity index (χ2v) is 7.59. The Hall–Kier alpha value is -0.400. The number of nitrogens with two attached hydrogens (primary N) is 1. The molecule has 1 atom stereocenters. The lowest BCUT2D eigenvalue weighted by Gasteiger charge is -2.12. The van der Waals surface area contributed by atoms with Crippen molar-refractivity contribution in [2.24, 2.45) is 12.8 Å². The molecule has 0 aliphatic rings. The van der Waals surface area contributed by atoms with Crippen molar-refractivity contribution < 1.29 is 8.42 Å². The van der Waals surface area contributed by atoms with Gasteiger partial charge in [0.15, 0.2) is 9.84 Å². The number of aromatic nitrogens is 2. The molecule has 1 heterocycles. The molecule has 5 nitrogen and oxygen atoms in total. The summed E-state index contributed by atoms with van der Waals surface area (Å²) in [4.78, 5) is 0. The molecular formula is C11H20BrN3O2S. The Labute approximate surface area is 117 Å². The fourth-order valence-corrected chi connectivity index (χ4v) is 4.16. The topological polar surface area (TPSA) is 78.0 Å². The van der Waals surface area contributed by atoms with Crippen molar-refractivity contribution in [1.29, 1.82) is 0 Å². The van der Waals surface area contributed by atoms with E-state index in [0.29, 0.717) is 18.7 Å². The summed E-state index contributed by atoms with van der Waals surface area (Å²) < 4.78 is 26.8. The number of aryl methyl sites for hydroxylation is 2. The third kappa shape index (κ3) is 3.33. The maximum atomic E-state index is 12.2. The highest BCUT2D eigenvalue weighted by molar-refractivity contribution is 9.10. The van der Waals surface area contributed by atoms with Gasteiger partial charge in [-0.15, -0.1) is 0 Å². The summed E-state index contributed by atoms with van der Waals surface area (Å²) in [5.74, 6) is -0.00174. The molecule has 18 heavy (non-hydrogen) atoms. The van der Waals surface area contributed by atoms with E-state index < -0.39 is 15.1 Å². The zero-order valence-corrected chi connectivity index (χ0v) is 13.4. The quantitative estimate of drug-likeness (QED) is 0.850. The van der Waals surface area contributed by atoms with Gasteiger partial charge in [-0.1, -0.05) is 6.92 Å². The third-order valence-electron chi connectivity index (χ3n) is 3.03. The molecule has 0 bridgehead atoms. The second kappa shape index (κ2) is 6.16. The molecule has 0 spiro atoms. The highest BCUT2D eigenvalue weighted by Gasteiger charge is 2.24. The van der Waals surface area contributed by atoms with Crippen molar-refractivity contribution in [2.45, 2.75) is 37.7 Å². The van der Waals surface area contributed by atoms with Gasteiger partial charge in [0, 0.05) is 7.05 Å². The number of rotatable bonds is 6. The van der Waals surface area contributed by atoms with E-state index in [1.165, 1.54) is 0 Å². The summed E-state index contributed by atoms with van der Waals surface area (Å²) in [6.07, 6.45) is 1.26. The summed E-state index contributed by atoms with van der Waals surface area (Å²) in [6, 6.07) is 0. The lowest BCUT2D eigenvalue weighted by atomic mass is 10.3. The molecule has 0 aliphatic heterocycles. The zero-order valence-electron chi connectivity index (χ0n) is 11.0. The van der Waals surface area contributed by atoms with Gasteiger partial charge in [-0.2, -0.15) is 5.10 Å². The molecule has 1 aromatic heterocycles. The standard InChI is InChI=1S/C11H20BrN3O2S/c1-4-9-11(12)10(15(3)14-9)7-18(16,17)8(2)5-6-13/h8H,4-7,13H2,1-3H3. The van der Waals surface area contributed by atoms with Crippen LogP contribution in [0.2, 0.25) is 0 Å². The highest BCUT2D eigenvalue weighted by Crippen LogP contribution is 2.24. The zero-order chi connectivity index (χ0) is 13.9. The molecule has 7 heteroatoms. The summed E-state index contributed by atoms with van der Waals surface area (Å²) in [6.45, 7) is 4.07. The third-order valence-corrected chi connectivity index (χ3v) is 6.08. The van der Waals surface area contributed by atoms with E-state index in [9.17, 15) is 8.42 Å². The average molecular weight is 338 g/mol. The first kappa shape index (κ1) is 15.7. The normalized spacial score (nSPS) is 13.8. The second-order valence-electron chi connectivity index (χ2n) is 4.38. The lowest BCUT2D eigenvalue weighted by molar-refractivity contribution is 0.574. The van der Waals surface area contributed by atoms with Crippen molar-refractivity contribution in [3.63, 3.8) is 0 Å². The van der Waals surface area contributed by atoms with Crippen LogP contribution in [0.15, 0.2) is 4.47 Å². The smallest absolute Gasteiger partial charge is 0.158 e. The van der Waals surface area contributed by atoms with Crippen molar-refractivity contribution >= 4 is 25.8 Å². The summed E-state index contributed by atoms with van der Waals surface area (Å²) >= 11 is 3.43. The van der Waals surface area contributed by atoms with Crippen LogP contribution in [0.5, 0.6) is 0 Å². The van der Waals surface area contributed by atoms with Gasteiger partial charge in [0.2, 0.25) is 0 Å². The van der Waals surface area contributed by atoms with E-state index in [2.05, 4.69) is 21.0 Å². The minimum absolute atomic E-state index is 0.00174. The van der Waals surface area contributed by atoms with E-state index in [1.54, 1.807) is 18.7 Å². The van der Waals surface area contributed by atoms with Crippen molar-refractivity contribution in [3.8, 4) is 0 Å². The fraction of sp³-hybridized carbons (Fsp3) is 0.727. The summed E-state index contributed by atoms with van der Waals surface area (Å²) in [7, 11) is -1.42. The molecule has 0 aliphatic carbocycles. The minimum Gasteiger partial charge on any atom is -0.330 e. The first-order chi connectivity index (χ1) is 8.33. The Morgan fingerprint density at radius 2 is 2.11 bits per heavy atom. The van der Waals surface area contributed by atoms with E-state index >= 15 is 0 Å². The number of halogens is 1. The molecule has 0 aromatic carbocycles. The Morgan fingerprint density at radius 3 is 2.56 bits per heavy atom. The van der Waals surface area contributed by atoms with Gasteiger partial charge in [0.1, 0.15) is 0 Å². The molecule has 1 unspecified atom stereocenters. The van der Waals surface area contributed by atoms with Gasteiger partial charge >= 0.3 is 0 Å². The Morgan fingerprint density at radius 1 is 1.50 bits per heavy atom. The Bertz CT molecular complexity index is 511. The van der Waals surface area contributed by atoms with Crippen LogP contribution < -0.4 is 5.73 Å². The molecule has 0 saturated heterocycles. The Balaban J connectivity index is 3.01. The van der Waals surface area contributed by atoms with Crippen molar-refractivity contribution in [3.05, 3.63) is 15.9 Å². The molecule has 1 aromatic rings. The van der Waals surface area contributed by atoms with E-state index in [-0.39, 0.29) is 5.75 Å². The summed E-state index contributed by atoms with van der Waals surface area (Å²) in [5.41, 5.74) is 7.00. The van der Waals surface area contributed by atoms with Crippen LogP contribution in [0.4, 0.5) is 0 Å². The molecule has 0 radical (unpaired) electrons. The molecular weight excluding hydrogens is 318 g/mol. The van der Waals surface area contributed by atoms with Crippen LogP contribution in [0.25, 0.3) is 0 Å². The average Bonchev–Trinajstić information content (AvgIpc) is 2.56. The van der Waals surface area contributed by atoms with Gasteiger partial charge in [0.25, 0.3) is 0 Å². The SMILES string of the molecule is CCc1nn(C)c(CS(=O)(=O)C(C)CCN)c1Br. The van der Waals surface area contributed by atoms with Gasteiger partial charge in [0.05, 0.1) is 26.9 Å². The Kier molecular flexibility index (Phi) is 5.36. The van der Waals surface area contributed by atoms with Crippen LogP contribution in [0.1, 0.15) is 31.7 Å². The molecule has 0 saturated carbocycles. The maximum absolute atomic E-state index is 12.2. The maximum Gasteiger partial charge on any atom is 0.158 e. The van der Waals surface area contributed by atoms with Gasteiger partial charge < -0.3 is 5.73 Å². The van der Waals surface area contributed by atoms with Crippen LogP contribution in [-0.2, 0) is 29.1 Å². The monoisotopic (exact) mass is 337 g/mol. The molecule has 0 amide bonds. The summed E-state index contributed by atoms with van der Waals surface area (Å²) in [5, 5.41) is 3.88. The number of sulfone groups is 1. The van der Waals surface area contributed by atoms with Crippen LogP contribution in [0.3, 0.4) is 0 Å². The molecule has 2 N–H and O–H groups in total. The lowest BCUT2D eigenvalue weighted by Crippen LogP contribution is -2.23. The minimum atomic E-state index is -3.19. The largest absolute Gasteiger partial charge is 0.330 e. The van der Waals surface area contributed by atoms with Crippen LogP contribution >= 0.6 is 15.9 Å². The predicted molar refractivity (Wildman–Crippen MR) is 76.0 cm³/mol. The van der Waals surface area contributed by atoms with Crippen LogP contribution in [-0.4, -0.2) is 30.0 Å². The number of hydrogen-bond acceptors (Lipinski definition) is 4. The van der Waals surface area contributed by atoms with Gasteiger partial charge in [-0.3, -0.25) is 4.68 Å². The fourth-order valence-electron chi connectivity index (χ4n) is 1.72. The molecule has 1 rings (SSSR count).